The van der Waals surface area contributed by atoms with E-state index in [0.29, 0.717) is 28.0 Å². The lowest BCUT2D eigenvalue weighted by atomic mass is 10.1. The van der Waals surface area contributed by atoms with Crippen molar-refractivity contribution in [3.63, 3.8) is 0 Å². The van der Waals surface area contributed by atoms with Crippen molar-refractivity contribution in [1.29, 1.82) is 0 Å². The third-order valence-electron chi connectivity index (χ3n) is 5.13. The number of halogens is 1. The van der Waals surface area contributed by atoms with E-state index < -0.39 is 4.92 Å². The first-order valence-corrected chi connectivity index (χ1v) is 12.1. The summed E-state index contributed by atoms with van der Waals surface area (Å²) < 4.78 is 2.62. The highest BCUT2D eigenvalue weighted by molar-refractivity contribution is 9.10. The van der Waals surface area contributed by atoms with Gasteiger partial charge in [0.05, 0.1) is 11.5 Å². The van der Waals surface area contributed by atoms with Crippen LogP contribution in [0, 0.1) is 17.0 Å². The summed E-state index contributed by atoms with van der Waals surface area (Å²) >= 11 is 4.88. The smallest absolute Gasteiger partial charge is 0.269 e. The maximum atomic E-state index is 12.6. The van der Waals surface area contributed by atoms with Crippen molar-refractivity contribution < 1.29 is 9.72 Å². The Labute approximate surface area is 208 Å². The van der Waals surface area contributed by atoms with Gasteiger partial charge in [0.2, 0.25) is 0 Å². The van der Waals surface area contributed by atoms with E-state index in [1.165, 1.54) is 35.0 Å². The van der Waals surface area contributed by atoms with Crippen molar-refractivity contribution >= 4 is 39.3 Å². The molecule has 8 nitrogen and oxygen atoms in total. The van der Waals surface area contributed by atoms with Gasteiger partial charge in [-0.15, -0.1) is 10.2 Å². The molecule has 172 valence electrons. The summed E-state index contributed by atoms with van der Waals surface area (Å²) in [4.78, 5) is 23.3. The molecule has 0 saturated carbocycles. The first kappa shape index (κ1) is 23.7. The molecule has 0 bridgehead atoms. The van der Waals surface area contributed by atoms with Crippen LogP contribution in [0.25, 0.3) is 5.69 Å². The molecule has 0 aliphatic rings. The lowest BCUT2D eigenvalue weighted by molar-refractivity contribution is -0.384. The van der Waals surface area contributed by atoms with Gasteiger partial charge >= 0.3 is 0 Å². The number of carbonyl (C=O) groups excluding carboxylic acids is 1. The van der Waals surface area contributed by atoms with Gasteiger partial charge < -0.3 is 5.32 Å². The molecule has 0 saturated heterocycles. The number of hydrogen-bond donors (Lipinski definition) is 1. The molecule has 34 heavy (non-hydrogen) atoms. The molecule has 1 N–H and O–H groups in total. The van der Waals surface area contributed by atoms with Crippen LogP contribution in [0.15, 0.2) is 82.4 Å². The second-order valence-electron chi connectivity index (χ2n) is 7.42. The topological polar surface area (TPSA) is 103 Å². The average Bonchev–Trinajstić information content (AvgIpc) is 3.24. The monoisotopic (exact) mass is 537 g/mol. The normalized spacial score (nSPS) is 10.8. The van der Waals surface area contributed by atoms with E-state index in [9.17, 15) is 14.9 Å². The number of benzene rings is 3. The predicted molar refractivity (Wildman–Crippen MR) is 134 cm³/mol. The number of aryl methyl sites for hydroxylation is 1. The van der Waals surface area contributed by atoms with E-state index in [1.54, 1.807) is 30.3 Å². The van der Waals surface area contributed by atoms with E-state index in [0.717, 1.165) is 4.47 Å². The number of nitrogens with zero attached hydrogens (tertiary/aromatic N) is 4. The number of rotatable bonds is 8. The molecular formula is C24H20BrN5O3S. The Kier molecular flexibility index (Phi) is 7.39. The Balaban J connectivity index is 1.60. The summed E-state index contributed by atoms with van der Waals surface area (Å²) in [5.74, 6) is 0.959. The van der Waals surface area contributed by atoms with E-state index in [-0.39, 0.29) is 18.1 Å². The summed E-state index contributed by atoms with van der Waals surface area (Å²) in [6, 6.07) is 21.4. The number of carbonyl (C=O) groups is 1. The average molecular weight is 538 g/mol. The summed E-state index contributed by atoms with van der Waals surface area (Å²) in [5.41, 5.74) is 3.54. The van der Waals surface area contributed by atoms with Crippen LogP contribution in [0.2, 0.25) is 0 Å². The molecule has 4 aromatic rings. The van der Waals surface area contributed by atoms with Crippen LogP contribution in [-0.4, -0.2) is 25.6 Å². The number of non-ortho nitro benzene ring substituents is 1. The van der Waals surface area contributed by atoms with Gasteiger partial charge in [0.1, 0.15) is 0 Å². The number of aromatic nitrogens is 3. The minimum Gasteiger partial charge on any atom is -0.345 e. The summed E-state index contributed by atoms with van der Waals surface area (Å²) in [6.45, 7) is 2.19. The van der Waals surface area contributed by atoms with Crippen molar-refractivity contribution in [2.75, 3.05) is 0 Å². The number of amides is 1. The molecular weight excluding hydrogens is 518 g/mol. The zero-order chi connectivity index (χ0) is 24.1. The van der Waals surface area contributed by atoms with E-state index in [4.69, 9.17) is 0 Å². The van der Waals surface area contributed by atoms with Gasteiger partial charge in [-0.3, -0.25) is 19.5 Å². The number of nitro benzene ring substituents is 1. The van der Waals surface area contributed by atoms with Crippen molar-refractivity contribution in [3.8, 4) is 5.69 Å². The molecule has 1 aromatic heterocycles. The molecule has 0 fully saturated rings. The lowest BCUT2D eigenvalue weighted by Gasteiger charge is -2.12. The highest BCUT2D eigenvalue weighted by Gasteiger charge is 2.17. The fourth-order valence-corrected chi connectivity index (χ4v) is 4.74. The van der Waals surface area contributed by atoms with Crippen LogP contribution >= 0.6 is 27.7 Å². The number of nitrogens with one attached hydrogen (secondary N) is 1. The van der Waals surface area contributed by atoms with Crippen LogP contribution in [0.1, 0.15) is 27.3 Å². The van der Waals surface area contributed by atoms with Gasteiger partial charge in [-0.1, -0.05) is 58.0 Å². The van der Waals surface area contributed by atoms with Crippen LogP contribution in [-0.2, 0) is 12.3 Å². The van der Waals surface area contributed by atoms with Crippen LogP contribution in [0.3, 0.4) is 0 Å². The molecule has 4 rings (SSSR count). The number of nitro groups is 1. The van der Waals surface area contributed by atoms with Crippen LogP contribution < -0.4 is 5.32 Å². The Bertz CT molecular complexity index is 1340. The zero-order valence-corrected chi connectivity index (χ0v) is 20.5. The highest BCUT2D eigenvalue weighted by Crippen LogP contribution is 2.27. The first-order valence-electron chi connectivity index (χ1n) is 10.3. The maximum absolute atomic E-state index is 12.6. The van der Waals surface area contributed by atoms with Gasteiger partial charge in [0.25, 0.3) is 11.6 Å². The Morgan fingerprint density at radius 3 is 2.56 bits per heavy atom. The Morgan fingerprint density at radius 2 is 1.85 bits per heavy atom. The van der Waals surface area contributed by atoms with Crippen molar-refractivity contribution in [3.05, 3.63) is 110 Å². The zero-order valence-electron chi connectivity index (χ0n) is 18.1. The second-order valence-corrected chi connectivity index (χ2v) is 9.27. The molecule has 1 amide bonds. The van der Waals surface area contributed by atoms with E-state index in [1.807, 2.05) is 22.8 Å². The van der Waals surface area contributed by atoms with E-state index >= 15 is 0 Å². The van der Waals surface area contributed by atoms with Gasteiger partial charge in [-0.25, -0.2) is 0 Å². The Morgan fingerprint density at radius 1 is 1.09 bits per heavy atom. The van der Waals surface area contributed by atoms with Crippen molar-refractivity contribution in [2.24, 2.45) is 0 Å². The molecule has 0 radical (unpaired) electrons. The standard InChI is InChI=1S/C24H20BrN5O3S/c1-16-5-2-3-6-18(16)15-34-24-28-27-22(14-26-23(31)17-7-4-8-19(25)13-17)29(24)20-9-11-21(12-10-20)30(32)33/h2-13H,14-15H2,1H3,(H,26,31). The molecule has 3 aromatic carbocycles. The molecule has 0 atom stereocenters. The molecule has 0 unspecified atom stereocenters. The Hall–Kier alpha value is -3.50. The van der Waals surface area contributed by atoms with E-state index in [2.05, 4.69) is 50.5 Å². The number of hydrogen-bond acceptors (Lipinski definition) is 6. The minimum atomic E-state index is -0.442. The summed E-state index contributed by atoms with van der Waals surface area (Å²) in [5, 5.41) is 23.2. The predicted octanol–water partition coefficient (Wildman–Crippen LogP) is 5.47. The van der Waals surface area contributed by atoms with Crippen LogP contribution in [0.4, 0.5) is 5.69 Å². The van der Waals surface area contributed by atoms with Crippen LogP contribution in [0.5, 0.6) is 0 Å². The third kappa shape index (κ3) is 5.52. The second kappa shape index (κ2) is 10.6. The molecule has 0 aliphatic heterocycles. The first-order chi connectivity index (χ1) is 16.4. The van der Waals surface area contributed by atoms with Gasteiger partial charge in [-0.05, 0) is 48.4 Å². The maximum Gasteiger partial charge on any atom is 0.269 e. The molecule has 10 heteroatoms. The number of thioether (sulfide) groups is 1. The van der Waals surface area contributed by atoms with Gasteiger partial charge in [0.15, 0.2) is 11.0 Å². The highest BCUT2D eigenvalue weighted by atomic mass is 79.9. The van der Waals surface area contributed by atoms with Crippen molar-refractivity contribution in [2.45, 2.75) is 24.4 Å². The van der Waals surface area contributed by atoms with Crippen molar-refractivity contribution in [1.82, 2.24) is 20.1 Å². The SMILES string of the molecule is Cc1ccccc1CSc1nnc(CNC(=O)c2cccc(Br)c2)n1-c1ccc([N+](=O)[O-])cc1. The van der Waals surface area contributed by atoms with Gasteiger partial charge in [0, 0.05) is 33.6 Å². The lowest BCUT2D eigenvalue weighted by Crippen LogP contribution is -2.24. The molecule has 0 aliphatic carbocycles. The van der Waals surface area contributed by atoms with Gasteiger partial charge in [-0.2, -0.15) is 0 Å². The summed E-state index contributed by atoms with van der Waals surface area (Å²) in [6.07, 6.45) is 0. The summed E-state index contributed by atoms with van der Waals surface area (Å²) in [7, 11) is 0. The fraction of sp³-hybridized carbons (Fsp3) is 0.125. The minimum absolute atomic E-state index is 0.00422. The quantitative estimate of drug-likeness (QED) is 0.181. The largest absolute Gasteiger partial charge is 0.345 e. The molecule has 0 spiro atoms. The fourth-order valence-electron chi connectivity index (χ4n) is 3.30. The molecule has 1 heterocycles. The third-order valence-corrected chi connectivity index (χ3v) is 6.60.